The zero-order chi connectivity index (χ0) is 58.4. The number of aliphatic hydroxyl groups excluding tert-OH is 4. The Morgan fingerprint density at radius 2 is 1.72 bits per heavy atom. The van der Waals surface area contributed by atoms with Crippen LogP contribution in [0, 0.1) is 24.6 Å². The molecule has 8 atom stereocenters. The van der Waals surface area contributed by atoms with E-state index in [1.54, 1.807) is 19.9 Å². The highest BCUT2D eigenvalue weighted by molar-refractivity contribution is 5.97. The summed E-state index contributed by atoms with van der Waals surface area (Å²) in [6, 6.07) is 6.21. The van der Waals surface area contributed by atoms with Crippen LogP contribution in [0.15, 0.2) is 35.1 Å². The third-order valence-electron chi connectivity index (χ3n) is 15.1. The van der Waals surface area contributed by atoms with Gasteiger partial charge < -0.3 is 85.1 Å². The molecule has 0 radical (unpaired) electrons. The maximum Gasteiger partial charge on any atom is 0.407 e. The first-order valence-corrected chi connectivity index (χ1v) is 27.0. The number of nitrogens with one attached hydrogen (secondary N) is 5. The van der Waals surface area contributed by atoms with Gasteiger partial charge in [-0.3, -0.25) is 24.0 Å². The fraction of sp³-hybridized carbons (Fsp3) is 0.500. The van der Waals surface area contributed by atoms with Crippen LogP contribution in [0.3, 0.4) is 0 Å². The summed E-state index contributed by atoms with van der Waals surface area (Å²) in [5.74, 6) is 2.10. The summed E-state index contributed by atoms with van der Waals surface area (Å²) < 4.78 is 49.7. The van der Waals surface area contributed by atoms with Crippen molar-refractivity contribution >= 4 is 46.6 Å². The number of benzene rings is 2. The molecular formula is C56H64FN7O18. The smallest absolute Gasteiger partial charge is 0.407 e. The maximum atomic E-state index is 15.4. The van der Waals surface area contributed by atoms with E-state index < -0.39 is 123 Å². The van der Waals surface area contributed by atoms with E-state index in [0.29, 0.717) is 63.8 Å². The number of fused-ring (bicyclic) bond motifs is 5. The normalized spacial score (nSPS) is 23.3. The van der Waals surface area contributed by atoms with E-state index >= 15 is 4.39 Å². The lowest BCUT2D eigenvalue weighted by atomic mass is 9.81. The molecule has 3 aliphatic heterocycles. The molecule has 4 aromatic rings. The van der Waals surface area contributed by atoms with Gasteiger partial charge in [-0.25, -0.2) is 19.0 Å². The van der Waals surface area contributed by atoms with Gasteiger partial charge in [0.1, 0.15) is 81.8 Å². The lowest BCUT2D eigenvalue weighted by Gasteiger charge is -2.39. The number of halogens is 1. The zero-order valence-corrected chi connectivity index (χ0v) is 45.0. The quantitative estimate of drug-likeness (QED) is 0.0213. The van der Waals surface area contributed by atoms with Gasteiger partial charge in [0.05, 0.1) is 47.2 Å². The maximum absolute atomic E-state index is 15.4. The summed E-state index contributed by atoms with van der Waals surface area (Å²) in [6.45, 7) is -0.0155. The molecule has 10 N–H and O–H groups in total. The minimum atomic E-state index is -2.06. The molecule has 0 bridgehead atoms. The van der Waals surface area contributed by atoms with Crippen LogP contribution >= 0.6 is 0 Å². The molecule has 0 spiro atoms. The van der Waals surface area contributed by atoms with Crippen molar-refractivity contribution in [2.45, 2.75) is 133 Å². The molecule has 2 unspecified atom stereocenters. The molecule has 5 amide bonds. The van der Waals surface area contributed by atoms with Gasteiger partial charge in [0.25, 0.3) is 11.5 Å². The number of cyclic esters (lactones) is 1. The van der Waals surface area contributed by atoms with Crippen molar-refractivity contribution in [3.63, 3.8) is 0 Å². The number of rotatable bonds is 20. The number of amides is 5. The Labute approximate surface area is 468 Å². The number of esters is 1. The van der Waals surface area contributed by atoms with Gasteiger partial charge >= 0.3 is 12.1 Å². The number of pyridine rings is 2. The van der Waals surface area contributed by atoms with Crippen LogP contribution in [0.1, 0.15) is 107 Å². The van der Waals surface area contributed by atoms with Gasteiger partial charge in [0, 0.05) is 42.1 Å². The van der Waals surface area contributed by atoms with Crippen LogP contribution in [0.5, 0.6) is 5.75 Å². The Hall–Kier alpha value is -7.61. The topological polar surface area (TPSA) is 354 Å². The molecule has 9 rings (SSSR count). The van der Waals surface area contributed by atoms with Gasteiger partial charge in [-0.05, 0) is 85.9 Å². The van der Waals surface area contributed by atoms with Crippen molar-refractivity contribution in [3.05, 3.63) is 91.0 Å². The zero-order valence-electron chi connectivity index (χ0n) is 45.0. The minimum absolute atomic E-state index is 0.00463. The average molecular weight is 1140 g/mol. The summed E-state index contributed by atoms with van der Waals surface area (Å²) in [6.07, 6.45) is -4.44. The molecule has 5 aliphatic rings. The van der Waals surface area contributed by atoms with E-state index in [2.05, 4.69) is 38.4 Å². The van der Waals surface area contributed by atoms with E-state index in [-0.39, 0.29) is 73.4 Å². The third kappa shape index (κ3) is 12.6. The molecule has 25 nitrogen and oxygen atoms in total. The first-order valence-electron chi connectivity index (χ1n) is 27.0. The van der Waals surface area contributed by atoms with Gasteiger partial charge in [0.15, 0.2) is 5.60 Å². The van der Waals surface area contributed by atoms with Crippen molar-refractivity contribution in [1.82, 2.24) is 36.1 Å². The summed E-state index contributed by atoms with van der Waals surface area (Å²) in [5, 5.41) is 65.9. The second-order valence-corrected chi connectivity index (χ2v) is 20.5. The third-order valence-corrected chi connectivity index (χ3v) is 15.1. The number of hydrogen-bond donors (Lipinski definition) is 10. The highest BCUT2D eigenvalue weighted by atomic mass is 19.1. The number of ether oxygens (including phenoxy) is 6. The van der Waals surface area contributed by atoms with Crippen molar-refractivity contribution < 1.29 is 87.1 Å². The fourth-order valence-electron chi connectivity index (χ4n) is 10.7. The van der Waals surface area contributed by atoms with E-state index in [9.17, 15) is 59.1 Å². The van der Waals surface area contributed by atoms with Crippen molar-refractivity contribution in [2.75, 3.05) is 46.2 Å². The number of aromatic nitrogens is 2. The van der Waals surface area contributed by atoms with Crippen molar-refractivity contribution in [3.8, 4) is 29.0 Å². The Morgan fingerprint density at radius 3 is 2.51 bits per heavy atom. The number of aryl methyl sites for hydroxylation is 1. The molecule has 438 valence electrons. The molecular weight excluding hydrogens is 1080 g/mol. The molecule has 5 heterocycles. The molecule has 26 heteroatoms. The summed E-state index contributed by atoms with van der Waals surface area (Å²) in [7, 11) is 0. The fourth-order valence-corrected chi connectivity index (χ4v) is 10.7. The van der Waals surface area contributed by atoms with Gasteiger partial charge in [-0.1, -0.05) is 25.3 Å². The summed E-state index contributed by atoms with van der Waals surface area (Å²) >= 11 is 0. The number of alkyl carbamates (subject to hydrolysis) is 1. The van der Waals surface area contributed by atoms with Gasteiger partial charge in [-0.15, -0.1) is 5.92 Å². The number of hydrogen-bond acceptors (Lipinski definition) is 19. The van der Waals surface area contributed by atoms with Crippen LogP contribution in [-0.2, 0) is 74.6 Å². The minimum Gasteiger partial charge on any atom is -0.461 e. The predicted molar refractivity (Wildman–Crippen MR) is 282 cm³/mol. The largest absolute Gasteiger partial charge is 0.461 e. The molecule has 82 heavy (non-hydrogen) atoms. The first-order chi connectivity index (χ1) is 39.4. The first kappa shape index (κ1) is 59.0. The SMILES string of the molecule is CC[C@@]1(O)C(=O)OCc2c1cc1n(c2=O)Cc2c-1nc1cc(F)c(C)c3c1c2[C@@H](NC(=O)COCNC(=O)CNC(=O)OCc1ccc(O[C@@H]2OC(CO)[C@@H](O)[C@H](O)[C@H]2O)c(C(=O)NCCNC(=O)COC2C#CCCCCC2)c1)CC3. The van der Waals surface area contributed by atoms with Crippen LogP contribution in [0.25, 0.3) is 22.3 Å². The molecule has 2 aromatic carbocycles. The number of carbonyl (C=O) groups is 6. The second-order valence-electron chi connectivity index (χ2n) is 20.5. The second kappa shape index (κ2) is 25.7. The van der Waals surface area contributed by atoms with Crippen LogP contribution in [-0.4, -0.2) is 154 Å². The Bertz CT molecular complexity index is 3290. The van der Waals surface area contributed by atoms with Crippen molar-refractivity contribution in [1.29, 1.82) is 0 Å². The number of carbonyl (C=O) groups excluding carboxylic acids is 6. The van der Waals surface area contributed by atoms with Gasteiger partial charge in [-0.2, -0.15) is 0 Å². The van der Waals surface area contributed by atoms with Crippen LogP contribution in [0.4, 0.5) is 9.18 Å². The molecule has 2 aliphatic carbocycles. The Morgan fingerprint density at radius 1 is 0.915 bits per heavy atom. The monoisotopic (exact) mass is 1140 g/mol. The summed E-state index contributed by atoms with van der Waals surface area (Å²) in [4.78, 5) is 96.5. The molecule has 0 saturated carbocycles. The molecule has 2 aromatic heterocycles. The Kier molecular flexibility index (Phi) is 18.5. The number of nitrogens with zero attached hydrogens (tertiary/aromatic N) is 2. The lowest BCUT2D eigenvalue weighted by Crippen LogP contribution is -2.60. The van der Waals surface area contributed by atoms with Gasteiger partial charge in [0.2, 0.25) is 24.0 Å². The molecule has 1 fully saturated rings. The standard InChI is InChI=1S/C56H64FN7O18/c1-3-56(76)35-18-39-47-33(21-64(39)52(73)34(35)24-79-54(56)74)46-37(13-12-31-28(2)36(57)19-38(63-47)45(31)46)62-44(68)25-77-27-61-42(66)20-60-55(75)80-23-29-11-14-40(81-53-50(71)49(70)48(69)41(22-65)82-53)32(17-29)51(72)59-16-15-58-43(67)26-78-30-9-7-5-4-6-8-10-30/h11,14,17-19,30,37,41,48-50,53,65,69-71,76H,3-7,9,12-13,15-16,20-27H2,1-2H3,(H,58,67)(H,59,72)(H,60,75)(H,61,66)(H,62,68)/t30?,37-,41?,48+,49-,50+,53+,56-/m0/s1. The average Bonchev–Trinajstić information content (AvgIpc) is 1.91. The summed E-state index contributed by atoms with van der Waals surface area (Å²) in [5.41, 5.74) is 1.13. The van der Waals surface area contributed by atoms with E-state index in [0.717, 1.165) is 25.7 Å². The van der Waals surface area contributed by atoms with Crippen LogP contribution in [0.2, 0.25) is 0 Å². The molecule has 1 saturated heterocycles. The number of aliphatic hydroxyl groups is 5. The predicted octanol–water partition coefficient (Wildman–Crippen LogP) is 0.0247. The highest BCUT2D eigenvalue weighted by Crippen LogP contribution is 2.46. The Balaban J connectivity index is 0.768. The van der Waals surface area contributed by atoms with E-state index in [4.69, 9.17) is 33.4 Å². The van der Waals surface area contributed by atoms with Crippen molar-refractivity contribution in [2.24, 2.45) is 0 Å². The lowest BCUT2D eigenvalue weighted by molar-refractivity contribution is -0.277. The van der Waals surface area contributed by atoms with Crippen LogP contribution < -0.4 is 36.9 Å². The van der Waals surface area contributed by atoms with E-state index in [1.165, 1.54) is 28.8 Å². The van der Waals surface area contributed by atoms with E-state index in [1.807, 2.05) is 0 Å². The highest BCUT2D eigenvalue weighted by Gasteiger charge is 2.47.